The Morgan fingerprint density at radius 2 is 1.94 bits per heavy atom. The molecule has 0 aromatic heterocycles. The third-order valence-corrected chi connectivity index (χ3v) is 7.96. The third-order valence-electron chi connectivity index (χ3n) is 6.21. The number of amides is 2. The van der Waals surface area contributed by atoms with Crippen LogP contribution in [0.25, 0.3) is 0 Å². The number of nitrogens with one attached hydrogen (secondary N) is 1. The van der Waals surface area contributed by atoms with Gasteiger partial charge in [0.2, 0.25) is 5.91 Å². The molecule has 0 aliphatic carbocycles. The van der Waals surface area contributed by atoms with E-state index in [9.17, 15) is 18.0 Å². The van der Waals surface area contributed by atoms with E-state index in [1.807, 2.05) is 31.2 Å². The number of ether oxygens (including phenoxy) is 1. The second kappa shape index (κ2) is 9.68. The van der Waals surface area contributed by atoms with Gasteiger partial charge in [0.25, 0.3) is 5.91 Å². The number of aryl methyl sites for hydroxylation is 1. The molecular formula is C22H30N4O5S. The van der Waals surface area contributed by atoms with E-state index in [0.29, 0.717) is 26.2 Å². The molecule has 2 amide bonds. The van der Waals surface area contributed by atoms with Crippen molar-refractivity contribution in [1.82, 2.24) is 15.2 Å². The molecule has 0 saturated carbocycles. The Morgan fingerprint density at radius 3 is 2.59 bits per heavy atom. The molecule has 4 rings (SSSR count). The fraction of sp³-hybridized carbons (Fsp3) is 0.591. The smallest absolute Gasteiger partial charge is 0.268 e. The van der Waals surface area contributed by atoms with Gasteiger partial charge in [0.15, 0.2) is 9.84 Å². The minimum absolute atomic E-state index is 0.0492. The molecule has 174 valence electrons. The average Bonchev–Trinajstić information content (AvgIpc) is 3.14. The zero-order chi connectivity index (χ0) is 22.7. The molecule has 0 spiro atoms. The minimum atomic E-state index is -3.16. The van der Waals surface area contributed by atoms with Crippen LogP contribution < -0.4 is 5.32 Å². The molecule has 0 radical (unpaired) electrons. The summed E-state index contributed by atoms with van der Waals surface area (Å²) in [6.07, 6.45) is 0.760. The molecule has 1 N–H and O–H groups in total. The molecule has 1 aromatic carbocycles. The highest BCUT2D eigenvalue weighted by atomic mass is 32.2. The molecule has 2 fully saturated rings. The number of sulfone groups is 1. The molecule has 32 heavy (non-hydrogen) atoms. The van der Waals surface area contributed by atoms with Gasteiger partial charge < -0.3 is 10.1 Å². The maximum atomic E-state index is 13.1. The van der Waals surface area contributed by atoms with Crippen LogP contribution in [-0.4, -0.2) is 86.2 Å². The fourth-order valence-corrected chi connectivity index (χ4v) is 6.00. The zero-order valence-corrected chi connectivity index (χ0v) is 19.1. The monoisotopic (exact) mass is 462 g/mol. The van der Waals surface area contributed by atoms with Crippen molar-refractivity contribution in [2.45, 2.75) is 38.3 Å². The van der Waals surface area contributed by atoms with Crippen molar-refractivity contribution in [2.75, 3.05) is 44.4 Å². The summed E-state index contributed by atoms with van der Waals surface area (Å²) < 4.78 is 29.1. The number of benzene rings is 1. The zero-order valence-electron chi connectivity index (χ0n) is 18.3. The summed E-state index contributed by atoms with van der Waals surface area (Å²) in [5.74, 6) is -0.595. The summed E-state index contributed by atoms with van der Waals surface area (Å²) in [5.41, 5.74) is 2.41. The van der Waals surface area contributed by atoms with Crippen molar-refractivity contribution < 1.29 is 22.7 Å². The first-order valence-corrected chi connectivity index (χ1v) is 12.9. The number of carbonyl (C=O) groups excluding carboxylic acids is 2. The van der Waals surface area contributed by atoms with Gasteiger partial charge in [-0.1, -0.05) is 29.8 Å². The van der Waals surface area contributed by atoms with Crippen LogP contribution in [0.1, 0.15) is 36.4 Å². The maximum absolute atomic E-state index is 13.1. The van der Waals surface area contributed by atoms with E-state index < -0.39 is 15.9 Å². The summed E-state index contributed by atoms with van der Waals surface area (Å²) >= 11 is 0. The topological polar surface area (TPSA) is 108 Å². The number of nitrogens with zero attached hydrogens (tertiary/aromatic N) is 3. The number of hydrogen-bond acceptors (Lipinski definition) is 7. The normalized spacial score (nSPS) is 24.8. The van der Waals surface area contributed by atoms with Gasteiger partial charge in [-0.05, 0) is 18.9 Å². The third kappa shape index (κ3) is 5.54. The van der Waals surface area contributed by atoms with Crippen LogP contribution in [0, 0.1) is 6.92 Å². The van der Waals surface area contributed by atoms with Gasteiger partial charge in [-0.3, -0.25) is 14.5 Å². The van der Waals surface area contributed by atoms with Crippen LogP contribution in [0.5, 0.6) is 0 Å². The molecule has 2 saturated heterocycles. The summed E-state index contributed by atoms with van der Waals surface area (Å²) in [6, 6.07) is 7.35. The number of hydrogen-bond donors (Lipinski definition) is 1. The summed E-state index contributed by atoms with van der Waals surface area (Å²) in [5, 5.41) is 8.64. The second-order valence-corrected chi connectivity index (χ2v) is 10.9. The molecule has 3 aliphatic rings. The Labute approximate surface area is 188 Å². The average molecular weight is 463 g/mol. The first kappa shape index (κ1) is 22.9. The molecule has 9 nitrogen and oxygen atoms in total. The Balaban J connectivity index is 1.50. The van der Waals surface area contributed by atoms with Crippen molar-refractivity contribution in [1.29, 1.82) is 0 Å². The quantitative estimate of drug-likeness (QED) is 0.665. The molecule has 0 unspecified atom stereocenters. The first-order valence-electron chi connectivity index (χ1n) is 11.1. The first-order chi connectivity index (χ1) is 15.3. The highest BCUT2D eigenvalue weighted by Crippen LogP contribution is 2.23. The Morgan fingerprint density at radius 1 is 1.22 bits per heavy atom. The minimum Gasteiger partial charge on any atom is -0.379 e. The number of hydrazone groups is 1. The van der Waals surface area contributed by atoms with Crippen LogP contribution in [0.4, 0.5) is 0 Å². The highest BCUT2D eigenvalue weighted by Gasteiger charge is 2.37. The Hall–Kier alpha value is -2.30. The standard InChI is InChI=1S/C22H30N4O5S/c1-16-2-4-17(5-3-16)20(14-25-9-11-31-12-10-25)23-22(28)19-6-7-21(27)26(24-19)18-8-13-32(29,30)15-18/h2-5,18,20H,6-15H2,1H3,(H,23,28)/t18-,20-/m0/s1. The van der Waals surface area contributed by atoms with Crippen molar-refractivity contribution >= 4 is 27.4 Å². The Bertz CT molecular complexity index is 986. The van der Waals surface area contributed by atoms with E-state index in [2.05, 4.69) is 15.3 Å². The lowest BCUT2D eigenvalue weighted by Gasteiger charge is -2.32. The van der Waals surface area contributed by atoms with Gasteiger partial charge in [0.1, 0.15) is 5.71 Å². The van der Waals surface area contributed by atoms with Gasteiger partial charge in [-0.2, -0.15) is 5.10 Å². The van der Waals surface area contributed by atoms with E-state index in [4.69, 9.17) is 4.74 Å². The highest BCUT2D eigenvalue weighted by molar-refractivity contribution is 7.91. The summed E-state index contributed by atoms with van der Waals surface area (Å²) in [7, 11) is -3.16. The number of rotatable bonds is 6. The molecule has 3 aliphatic heterocycles. The van der Waals surface area contributed by atoms with Gasteiger partial charge in [-0.15, -0.1) is 0 Å². The summed E-state index contributed by atoms with van der Waals surface area (Å²) in [6.45, 7) is 5.61. The molecule has 3 heterocycles. The van der Waals surface area contributed by atoms with Crippen LogP contribution in [0.3, 0.4) is 0 Å². The predicted molar refractivity (Wildman–Crippen MR) is 120 cm³/mol. The van der Waals surface area contributed by atoms with Crippen LogP contribution in [-0.2, 0) is 24.2 Å². The maximum Gasteiger partial charge on any atom is 0.268 e. The molecule has 0 bridgehead atoms. The van der Waals surface area contributed by atoms with Gasteiger partial charge in [0, 0.05) is 32.5 Å². The van der Waals surface area contributed by atoms with Crippen molar-refractivity contribution in [3.63, 3.8) is 0 Å². The molecular weight excluding hydrogens is 432 g/mol. The number of morpholine rings is 1. The van der Waals surface area contributed by atoms with Gasteiger partial charge in [-0.25, -0.2) is 13.4 Å². The van der Waals surface area contributed by atoms with E-state index in [1.54, 1.807) is 0 Å². The van der Waals surface area contributed by atoms with E-state index in [1.165, 1.54) is 5.01 Å². The second-order valence-electron chi connectivity index (χ2n) is 8.69. The largest absolute Gasteiger partial charge is 0.379 e. The molecule has 1 aromatic rings. The van der Waals surface area contributed by atoms with E-state index >= 15 is 0 Å². The molecule has 10 heteroatoms. The van der Waals surface area contributed by atoms with E-state index in [0.717, 1.165) is 24.2 Å². The SMILES string of the molecule is Cc1ccc([C@H](CN2CCOCC2)NC(=O)C2=NN([C@H]3CCS(=O)(=O)C3)C(=O)CC2)cc1. The van der Waals surface area contributed by atoms with Crippen molar-refractivity contribution in [3.8, 4) is 0 Å². The number of carbonyl (C=O) groups is 2. The van der Waals surface area contributed by atoms with Gasteiger partial charge in [0.05, 0.1) is 36.8 Å². The van der Waals surface area contributed by atoms with Crippen LogP contribution in [0.2, 0.25) is 0 Å². The lowest BCUT2D eigenvalue weighted by atomic mass is 10.0. The molecule has 2 atom stereocenters. The van der Waals surface area contributed by atoms with Crippen molar-refractivity contribution in [2.24, 2.45) is 5.10 Å². The lowest BCUT2D eigenvalue weighted by Crippen LogP contribution is -2.47. The van der Waals surface area contributed by atoms with E-state index in [-0.39, 0.29) is 47.9 Å². The fourth-order valence-electron chi connectivity index (χ4n) is 4.30. The van der Waals surface area contributed by atoms with Crippen LogP contribution in [0.15, 0.2) is 29.4 Å². The lowest BCUT2D eigenvalue weighted by molar-refractivity contribution is -0.133. The summed E-state index contributed by atoms with van der Waals surface area (Å²) in [4.78, 5) is 27.8. The van der Waals surface area contributed by atoms with Crippen molar-refractivity contribution in [3.05, 3.63) is 35.4 Å². The van der Waals surface area contributed by atoms with Gasteiger partial charge >= 0.3 is 0 Å². The predicted octanol–water partition coefficient (Wildman–Crippen LogP) is 0.650. The Kier molecular flexibility index (Phi) is 6.92. The van der Waals surface area contributed by atoms with Crippen LogP contribution >= 0.6 is 0 Å².